The average Bonchev–Trinajstić information content (AvgIpc) is 2.99. The van der Waals surface area contributed by atoms with Crippen molar-refractivity contribution in [3.8, 4) is 0 Å². The Kier molecular flexibility index (Phi) is 5.11. The van der Waals surface area contributed by atoms with E-state index in [1.807, 2.05) is 30.3 Å². The van der Waals surface area contributed by atoms with Crippen LogP contribution in [0.4, 0.5) is 11.4 Å². The van der Waals surface area contributed by atoms with Gasteiger partial charge in [0.2, 0.25) is 5.91 Å². The Balaban J connectivity index is 1.79. The van der Waals surface area contributed by atoms with Crippen LogP contribution in [-0.2, 0) is 4.79 Å². The Labute approximate surface area is 152 Å². The zero-order chi connectivity index (χ0) is 18.7. The molecule has 136 valence electrons. The summed E-state index contributed by atoms with van der Waals surface area (Å²) < 4.78 is 6.58. The fraction of sp³-hybridized carbons (Fsp3) is 0.300. The third kappa shape index (κ3) is 3.35. The minimum Gasteiger partial charge on any atom is -0.408 e. The van der Waals surface area contributed by atoms with E-state index in [0.717, 1.165) is 18.8 Å². The van der Waals surface area contributed by atoms with Gasteiger partial charge in [-0.3, -0.25) is 9.36 Å². The molecule has 6 heteroatoms. The predicted octanol–water partition coefficient (Wildman–Crippen LogP) is 3.64. The zero-order valence-corrected chi connectivity index (χ0v) is 15.2. The Hall–Kier alpha value is -3.02. The number of rotatable bonds is 6. The minimum absolute atomic E-state index is 0.269. The van der Waals surface area contributed by atoms with Crippen LogP contribution in [-0.4, -0.2) is 23.6 Å². The molecule has 1 heterocycles. The second kappa shape index (κ2) is 7.47. The standard InChI is InChI=1S/C20H23N3O3/c1-4-22(5-2)16-12-10-15(11-13-16)21-19(24)14(3)23-17-8-6-7-9-18(17)26-20(23)25/h6-14H,4-5H2,1-3H3,(H,21,24)/t14-/m0/s1. The average molecular weight is 353 g/mol. The molecule has 0 saturated carbocycles. The van der Waals surface area contributed by atoms with Gasteiger partial charge < -0.3 is 14.6 Å². The molecule has 1 aromatic heterocycles. The molecule has 26 heavy (non-hydrogen) atoms. The molecule has 1 atom stereocenters. The fourth-order valence-electron chi connectivity index (χ4n) is 3.06. The van der Waals surface area contributed by atoms with E-state index in [0.29, 0.717) is 16.8 Å². The Morgan fingerprint density at radius 1 is 1.12 bits per heavy atom. The highest BCUT2D eigenvalue weighted by Crippen LogP contribution is 2.20. The van der Waals surface area contributed by atoms with Crippen LogP contribution < -0.4 is 16.0 Å². The Bertz CT molecular complexity index is 952. The lowest BCUT2D eigenvalue weighted by atomic mass is 10.2. The van der Waals surface area contributed by atoms with E-state index in [2.05, 4.69) is 24.1 Å². The highest BCUT2D eigenvalue weighted by Gasteiger charge is 2.21. The molecule has 0 fully saturated rings. The van der Waals surface area contributed by atoms with Crippen LogP contribution in [0, 0.1) is 0 Å². The van der Waals surface area contributed by atoms with Crippen LogP contribution in [0.3, 0.4) is 0 Å². The molecular weight excluding hydrogens is 330 g/mol. The molecule has 0 saturated heterocycles. The number of aromatic nitrogens is 1. The van der Waals surface area contributed by atoms with Gasteiger partial charge >= 0.3 is 5.76 Å². The molecule has 3 rings (SSSR count). The molecule has 6 nitrogen and oxygen atoms in total. The summed E-state index contributed by atoms with van der Waals surface area (Å²) in [6, 6.07) is 14.1. The molecule has 3 aromatic rings. The third-order valence-corrected chi connectivity index (χ3v) is 4.55. The Morgan fingerprint density at radius 2 is 1.77 bits per heavy atom. The normalized spacial score (nSPS) is 12.1. The lowest BCUT2D eigenvalue weighted by molar-refractivity contribution is -0.118. The van der Waals surface area contributed by atoms with Gasteiger partial charge in [-0.1, -0.05) is 12.1 Å². The van der Waals surface area contributed by atoms with Gasteiger partial charge in [0, 0.05) is 24.5 Å². The van der Waals surface area contributed by atoms with Crippen molar-refractivity contribution < 1.29 is 9.21 Å². The summed E-state index contributed by atoms with van der Waals surface area (Å²) in [7, 11) is 0. The van der Waals surface area contributed by atoms with Crippen molar-refractivity contribution in [3.05, 3.63) is 59.1 Å². The van der Waals surface area contributed by atoms with Gasteiger partial charge in [-0.15, -0.1) is 0 Å². The van der Waals surface area contributed by atoms with Crippen LogP contribution in [0.15, 0.2) is 57.7 Å². The number of para-hydroxylation sites is 2. The van der Waals surface area contributed by atoms with Crippen LogP contribution in [0.5, 0.6) is 0 Å². The second-order valence-electron chi connectivity index (χ2n) is 6.09. The summed E-state index contributed by atoms with van der Waals surface area (Å²) in [6.07, 6.45) is 0. The number of anilines is 2. The van der Waals surface area contributed by atoms with E-state index in [4.69, 9.17) is 4.42 Å². The summed E-state index contributed by atoms with van der Waals surface area (Å²) in [4.78, 5) is 27.0. The van der Waals surface area contributed by atoms with E-state index in [9.17, 15) is 9.59 Å². The molecule has 0 aliphatic heterocycles. The van der Waals surface area contributed by atoms with Gasteiger partial charge in [-0.05, 0) is 57.2 Å². The van der Waals surface area contributed by atoms with Crippen molar-refractivity contribution >= 4 is 28.4 Å². The van der Waals surface area contributed by atoms with E-state index in [1.165, 1.54) is 4.57 Å². The van der Waals surface area contributed by atoms with Gasteiger partial charge in [0.25, 0.3) is 0 Å². The van der Waals surface area contributed by atoms with E-state index in [-0.39, 0.29) is 5.91 Å². The Morgan fingerprint density at radius 3 is 2.42 bits per heavy atom. The van der Waals surface area contributed by atoms with Crippen LogP contribution >= 0.6 is 0 Å². The maximum Gasteiger partial charge on any atom is 0.420 e. The van der Waals surface area contributed by atoms with Crippen LogP contribution in [0.2, 0.25) is 0 Å². The van der Waals surface area contributed by atoms with Gasteiger partial charge in [-0.25, -0.2) is 4.79 Å². The van der Waals surface area contributed by atoms with Crippen molar-refractivity contribution in [1.82, 2.24) is 4.57 Å². The largest absolute Gasteiger partial charge is 0.420 e. The van der Waals surface area contributed by atoms with Gasteiger partial charge in [0.05, 0.1) is 5.52 Å². The molecule has 1 amide bonds. The lowest BCUT2D eigenvalue weighted by Gasteiger charge is -2.21. The van der Waals surface area contributed by atoms with Gasteiger partial charge in [0.1, 0.15) is 6.04 Å². The first-order valence-electron chi connectivity index (χ1n) is 8.81. The smallest absolute Gasteiger partial charge is 0.408 e. The van der Waals surface area contributed by atoms with E-state index < -0.39 is 11.8 Å². The van der Waals surface area contributed by atoms with Crippen molar-refractivity contribution in [3.63, 3.8) is 0 Å². The monoisotopic (exact) mass is 353 g/mol. The van der Waals surface area contributed by atoms with Gasteiger partial charge in [0.15, 0.2) is 5.58 Å². The number of amides is 1. The molecule has 0 aliphatic carbocycles. The molecule has 0 aliphatic rings. The number of carbonyl (C=O) groups excluding carboxylic acids is 1. The number of nitrogens with one attached hydrogen (secondary N) is 1. The summed E-state index contributed by atoms with van der Waals surface area (Å²) in [5, 5.41) is 2.87. The number of nitrogens with zero attached hydrogens (tertiary/aromatic N) is 2. The maximum atomic E-state index is 12.6. The lowest BCUT2D eigenvalue weighted by Crippen LogP contribution is -2.29. The molecule has 0 unspecified atom stereocenters. The first-order chi connectivity index (χ1) is 12.5. The SMILES string of the molecule is CCN(CC)c1ccc(NC(=O)[C@H](C)n2c(=O)oc3ccccc32)cc1. The molecule has 0 bridgehead atoms. The van der Waals surface area contributed by atoms with Crippen LogP contribution in [0.1, 0.15) is 26.8 Å². The molecule has 2 aromatic carbocycles. The van der Waals surface area contributed by atoms with Crippen molar-refractivity contribution in [2.24, 2.45) is 0 Å². The maximum absolute atomic E-state index is 12.6. The quantitative estimate of drug-likeness (QED) is 0.735. The fourth-order valence-corrected chi connectivity index (χ4v) is 3.06. The summed E-state index contributed by atoms with van der Waals surface area (Å²) in [6.45, 7) is 7.75. The number of carbonyl (C=O) groups is 1. The summed E-state index contributed by atoms with van der Waals surface area (Å²) in [5.74, 6) is -0.806. The summed E-state index contributed by atoms with van der Waals surface area (Å²) in [5.41, 5.74) is 2.88. The van der Waals surface area contributed by atoms with Crippen molar-refractivity contribution in [2.75, 3.05) is 23.3 Å². The number of fused-ring (bicyclic) bond motifs is 1. The first kappa shape index (κ1) is 17.8. The molecular formula is C20H23N3O3. The molecule has 0 radical (unpaired) electrons. The molecule has 1 N–H and O–H groups in total. The number of hydrogen-bond acceptors (Lipinski definition) is 4. The summed E-state index contributed by atoms with van der Waals surface area (Å²) >= 11 is 0. The number of hydrogen-bond donors (Lipinski definition) is 1. The van der Waals surface area contributed by atoms with Gasteiger partial charge in [-0.2, -0.15) is 0 Å². The number of oxazole rings is 1. The van der Waals surface area contributed by atoms with Crippen molar-refractivity contribution in [1.29, 1.82) is 0 Å². The predicted molar refractivity (Wildman–Crippen MR) is 104 cm³/mol. The van der Waals surface area contributed by atoms with E-state index >= 15 is 0 Å². The first-order valence-corrected chi connectivity index (χ1v) is 8.81. The molecule has 0 spiro atoms. The number of benzene rings is 2. The third-order valence-electron chi connectivity index (χ3n) is 4.55. The zero-order valence-electron chi connectivity index (χ0n) is 15.2. The second-order valence-corrected chi connectivity index (χ2v) is 6.09. The highest BCUT2D eigenvalue weighted by molar-refractivity contribution is 5.94. The minimum atomic E-state index is -0.686. The topological polar surface area (TPSA) is 67.5 Å². The van der Waals surface area contributed by atoms with Crippen molar-refractivity contribution in [2.45, 2.75) is 26.8 Å². The highest BCUT2D eigenvalue weighted by atomic mass is 16.4. The van der Waals surface area contributed by atoms with Crippen LogP contribution in [0.25, 0.3) is 11.1 Å². The van der Waals surface area contributed by atoms with E-state index in [1.54, 1.807) is 25.1 Å².